The summed E-state index contributed by atoms with van der Waals surface area (Å²) in [6, 6.07) is 11.5. The van der Waals surface area contributed by atoms with E-state index in [1.807, 2.05) is 25.1 Å². The van der Waals surface area contributed by atoms with E-state index in [-0.39, 0.29) is 30.1 Å². The first-order valence-electron chi connectivity index (χ1n) is 10.8. The Labute approximate surface area is 208 Å². The van der Waals surface area contributed by atoms with E-state index in [4.69, 9.17) is 4.74 Å². The van der Waals surface area contributed by atoms with Crippen LogP contribution in [0.2, 0.25) is 0 Å². The third kappa shape index (κ3) is 5.84. The van der Waals surface area contributed by atoms with Crippen molar-refractivity contribution in [3.8, 4) is 0 Å². The van der Waals surface area contributed by atoms with Crippen LogP contribution in [0.3, 0.4) is 0 Å². The number of aromatic nitrogens is 1. The molecule has 1 aromatic heterocycles. The summed E-state index contributed by atoms with van der Waals surface area (Å²) in [7, 11) is -2.48. The van der Waals surface area contributed by atoms with Gasteiger partial charge in [-0.05, 0) is 48.4 Å². The second-order valence-corrected chi connectivity index (χ2v) is 10.5. The highest BCUT2D eigenvalue weighted by Crippen LogP contribution is 2.21. The van der Waals surface area contributed by atoms with Gasteiger partial charge in [-0.1, -0.05) is 36.5 Å². The van der Waals surface area contributed by atoms with Crippen molar-refractivity contribution in [2.45, 2.75) is 24.8 Å². The molecule has 1 amide bonds. The number of amides is 1. The lowest BCUT2D eigenvalue weighted by Crippen LogP contribution is -2.31. The number of methoxy groups -OCH3 is 1. The van der Waals surface area contributed by atoms with Crippen LogP contribution >= 0.6 is 11.3 Å². The molecule has 0 spiro atoms. The molecule has 0 radical (unpaired) electrons. The third-order valence-electron chi connectivity index (χ3n) is 5.27. The van der Waals surface area contributed by atoms with Gasteiger partial charge in [0, 0.05) is 18.7 Å². The van der Waals surface area contributed by atoms with E-state index in [2.05, 4.69) is 18.2 Å². The van der Waals surface area contributed by atoms with Crippen LogP contribution in [-0.4, -0.2) is 49.4 Å². The summed E-state index contributed by atoms with van der Waals surface area (Å²) in [5, 5.41) is 0. The molecule has 10 heteroatoms. The van der Waals surface area contributed by atoms with Crippen LogP contribution in [0.25, 0.3) is 10.2 Å². The molecule has 0 saturated heterocycles. The van der Waals surface area contributed by atoms with E-state index < -0.39 is 21.9 Å². The highest BCUT2D eigenvalue weighted by molar-refractivity contribution is 7.89. The Bertz CT molecular complexity index is 1420. The number of esters is 1. The van der Waals surface area contributed by atoms with E-state index in [0.29, 0.717) is 4.80 Å². The minimum Gasteiger partial charge on any atom is -0.468 e. The second-order valence-electron chi connectivity index (χ2n) is 7.54. The Morgan fingerprint density at radius 2 is 1.77 bits per heavy atom. The van der Waals surface area contributed by atoms with E-state index in [9.17, 15) is 18.0 Å². The number of hydrogen-bond donors (Lipinski definition) is 0. The van der Waals surface area contributed by atoms with Gasteiger partial charge in [-0.3, -0.25) is 9.59 Å². The summed E-state index contributed by atoms with van der Waals surface area (Å²) < 4.78 is 34.3. The zero-order valence-electron chi connectivity index (χ0n) is 19.6. The first-order valence-corrected chi connectivity index (χ1v) is 13.1. The highest BCUT2D eigenvalue weighted by Gasteiger charge is 2.22. The molecular weight excluding hydrogens is 486 g/mol. The van der Waals surface area contributed by atoms with Crippen LogP contribution in [0.5, 0.6) is 0 Å². The number of carbonyl (C=O) groups excluding carboxylic acids is 2. The monoisotopic (exact) mass is 513 g/mol. The molecule has 0 N–H and O–H groups in total. The smallest absolute Gasteiger partial charge is 0.325 e. The summed E-state index contributed by atoms with van der Waals surface area (Å²) in [5.41, 5.74) is 2.12. The van der Waals surface area contributed by atoms with E-state index in [1.54, 1.807) is 4.57 Å². The molecule has 0 unspecified atom stereocenters. The van der Waals surface area contributed by atoms with Gasteiger partial charge in [-0.2, -0.15) is 9.30 Å². The Morgan fingerprint density at radius 3 is 2.34 bits per heavy atom. The zero-order chi connectivity index (χ0) is 25.6. The Morgan fingerprint density at radius 1 is 1.11 bits per heavy atom. The molecule has 8 nitrogen and oxygen atoms in total. The number of benzene rings is 2. The Balaban J connectivity index is 2.00. The SMILES string of the molecule is C=CCN(CC=C)S(=O)(=O)c1ccc(C(=O)N=c2sc3cc(CC)ccc3n2CC(=O)OC)cc1. The predicted octanol–water partition coefficient (Wildman–Crippen LogP) is 3.54. The maximum Gasteiger partial charge on any atom is 0.325 e. The minimum absolute atomic E-state index is 0.0486. The highest BCUT2D eigenvalue weighted by atomic mass is 32.2. The number of fused-ring (bicyclic) bond motifs is 1. The number of aryl methyl sites for hydroxylation is 1. The molecule has 0 aliphatic heterocycles. The average Bonchev–Trinajstić information content (AvgIpc) is 3.19. The maximum absolute atomic E-state index is 12.9. The molecule has 3 aromatic rings. The van der Waals surface area contributed by atoms with Crippen LogP contribution < -0.4 is 4.80 Å². The number of sulfonamides is 1. The van der Waals surface area contributed by atoms with Crippen molar-refractivity contribution < 1.29 is 22.7 Å². The predicted molar refractivity (Wildman–Crippen MR) is 137 cm³/mol. The fourth-order valence-electron chi connectivity index (χ4n) is 3.40. The molecule has 2 aromatic carbocycles. The van der Waals surface area contributed by atoms with E-state index >= 15 is 0 Å². The fourth-order valence-corrected chi connectivity index (χ4v) is 5.87. The summed E-state index contributed by atoms with van der Waals surface area (Å²) in [4.78, 5) is 29.6. The summed E-state index contributed by atoms with van der Waals surface area (Å²) in [6.07, 6.45) is 3.84. The standard InChI is InChI=1S/C25H27N3O5S2/c1-5-14-27(15-6-2)35(31,32)20-11-9-19(10-12-20)24(30)26-25-28(17-23(29)33-4)21-13-8-18(7-3)16-22(21)34-25/h5-6,8-13,16H,1-2,7,14-15,17H2,3-4H3. The molecule has 0 atom stereocenters. The van der Waals surface area contributed by atoms with Crippen LogP contribution in [-0.2, 0) is 32.5 Å². The number of thiazole rings is 1. The van der Waals surface area contributed by atoms with Crippen molar-refractivity contribution in [2.24, 2.45) is 4.99 Å². The summed E-state index contributed by atoms with van der Waals surface area (Å²) in [5.74, 6) is -1.01. The van der Waals surface area contributed by atoms with Gasteiger partial charge in [-0.25, -0.2) is 8.42 Å². The first kappa shape index (κ1) is 26.3. The van der Waals surface area contributed by atoms with Crippen molar-refractivity contribution in [1.82, 2.24) is 8.87 Å². The Hall–Kier alpha value is -3.34. The van der Waals surface area contributed by atoms with Gasteiger partial charge in [0.1, 0.15) is 6.54 Å². The van der Waals surface area contributed by atoms with Crippen molar-refractivity contribution in [3.05, 3.63) is 83.7 Å². The molecule has 0 fully saturated rings. The fraction of sp³-hybridized carbons (Fsp3) is 0.240. The molecule has 3 rings (SSSR count). The maximum atomic E-state index is 12.9. The van der Waals surface area contributed by atoms with Crippen molar-refractivity contribution in [1.29, 1.82) is 0 Å². The molecule has 0 aliphatic rings. The van der Waals surface area contributed by atoms with Crippen LogP contribution in [0.1, 0.15) is 22.8 Å². The van der Waals surface area contributed by atoms with Gasteiger partial charge < -0.3 is 9.30 Å². The first-order chi connectivity index (χ1) is 16.7. The largest absolute Gasteiger partial charge is 0.468 e. The molecule has 184 valence electrons. The number of hydrogen-bond acceptors (Lipinski definition) is 6. The minimum atomic E-state index is -3.78. The molecule has 0 saturated carbocycles. The molecular formula is C25H27N3O5S2. The molecule has 0 bridgehead atoms. The quantitative estimate of drug-likeness (QED) is 0.305. The number of nitrogens with zero attached hydrogens (tertiary/aromatic N) is 3. The van der Waals surface area contributed by atoms with E-state index in [1.165, 1.54) is 59.2 Å². The lowest BCUT2D eigenvalue weighted by atomic mass is 10.2. The van der Waals surface area contributed by atoms with Gasteiger partial charge in [0.25, 0.3) is 5.91 Å². The second kappa shape index (κ2) is 11.4. The molecule has 1 heterocycles. The lowest BCUT2D eigenvalue weighted by Gasteiger charge is -2.19. The van der Waals surface area contributed by atoms with Crippen molar-refractivity contribution in [2.75, 3.05) is 20.2 Å². The van der Waals surface area contributed by atoms with E-state index in [0.717, 1.165) is 22.2 Å². The Kier molecular flexibility index (Phi) is 8.55. The van der Waals surface area contributed by atoms with Crippen LogP contribution in [0.15, 0.2) is 77.7 Å². The number of ether oxygens (including phenoxy) is 1. The van der Waals surface area contributed by atoms with Crippen LogP contribution in [0, 0.1) is 0 Å². The average molecular weight is 514 g/mol. The van der Waals surface area contributed by atoms with Crippen molar-refractivity contribution >= 4 is 43.5 Å². The van der Waals surface area contributed by atoms with Crippen molar-refractivity contribution in [3.63, 3.8) is 0 Å². The molecule has 35 heavy (non-hydrogen) atoms. The van der Waals surface area contributed by atoms with Gasteiger partial charge in [0.2, 0.25) is 10.0 Å². The zero-order valence-corrected chi connectivity index (χ0v) is 21.3. The summed E-state index contributed by atoms with van der Waals surface area (Å²) in [6.45, 7) is 9.42. The molecule has 0 aliphatic carbocycles. The normalized spacial score (nSPS) is 12.1. The lowest BCUT2D eigenvalue weighted by molar-refractivity contribution is -0.141. The van der Waals surface area contributed by atoms with Gasteiger partial charge in [0.05, 0.1) is 22.2 Å². The van der Waals surface area contributed by atoms with Gasteiger partial charge in [0.15, 0.2) is 4.80 Å². The third-order valence-corrected chi connectivity index (χ3v) is 8.16. The number of carbonyl (C=O) groups is 2. The number of rotatable bonds is 10. The summed E-state index contributed by atoms with van der Waals surface area (Å²) >= 11 is 1.30. The van der Waals surface area contributed by atoms with Gasteiger partial charge >= 0.3 is 5.97 Å². The topological polar surface area (TPSA) is 98.0 Å². The van der Waals surface area contributed by atoms with Crippen LogP contribution in [0.4, 0.5) is 0 Å². The van der Waals surface area contributed by atoms with Gasteiger partial charge in [-0.15, -0.1) is 13.2 Å².